The minimum Gasteiger partial charge on any atom is -0.495 e. The molecule has 3 N–H and O–H groups in total. The molecule has 0 heterocycles. The van der Waals surface area contributed by atoms with Gasteiger partial charge in [0.05, 0.1) is 19.9 Å². The number of methoxy groups -OCH3 is 2. The van der Waals surface area contributed by atoms with Crippen LogP contribution in [-0.4, -0.2) is 32.1 Å². The monoisotopic (exact) mass is 294 g/mol. The van der Waals surface area contributed by atoms with Gasteiger partial charge in [-0.05, 0) is 24.6 Å². The third-order valence-corrected chi connectivity index (χ3v) is 3.13. The molecule has 1 aromatic carbocycles. The van der Waals surface area contributed by atoms with Crippen LogP contribution in [0.1, 0.15) is 36.5 Å². The Morgan fingerprint density at radius 2 is 2.05 bits per heavy atom. The average molecular weight is 294 g/mol. The topological polar surface area (TPSA) is 90.7 Å². The standard InChI is InChI=1S/C15H22N2O4/c1-4-5-6-12(15(19)21-3)17-14(18)10-7-8-11(16)13(9-10)20-2/h7-9,12H,4-6,16H2,1-3H3,(H,17,18)/t12-/m0/s1. The highest BCUT2D eigenvalue weighted by molar-refractivity contribution is 5.97. The number of nitrogens with one attached hydrogen (secondary N) is 1. The second-order valence-corrected chi connectivity index (χ2v) is 4.65. The highest BCUT2D eigenvalue weighted by atomic mass is 16.5. The first-order valence-electron chi connectivity index (χ1n) is 6.85. The lowest BCUT2D eigenvalue weighted by Gasteiger charge is -2.16. The van der Waals surface area contributed by atoms with Crippen molar-refractivity contribution in [2.75, 3.05) is 20.0 Å². The van der Waals surface area contributed by atoms with Gasteiger partial charge in [0.1, 0.15) is 11.8 Å². The van der Waals surface area contributed by atoms with E-state index in [1.54, 1.807) is 18.2 Å². The van der Waals surface area contributed by atoms with Gasteiger partial charge in [0.25, 0.3) is 5.91 Å². The van der Waals surface area contributed by atoms with Crippen molar-refractivity contribution in [3.63, 3.8) is 0 Å². The zero-order valence-corrected chi connectivity index (χ0v) is 12.6. The molecule has 0 bridgehead atoms. The van der Waals surface area contributed by atoms with Crippen molar-refractivity contribution in [3.8, 4) is 5.75 Å². The number of carbonyl (C=O) groups excluding carboxylic acids is 2. The highest BCUT2D eigenvalue weighted by Gasteiger charge is 2.21. The van der Waals surface area contributed by atoms with Gasteiger partial charge in [0.15, 0.2) is 0 Å². The van der Waals surface area contributed by atoms with E-state index in [0.29, 0.717) is 23.4 Å². The fourth-order valence-corrected chi connectivity index (χ4v) is 1.89. The van der Waals surface area contributed by atoms with Crippen LogP contribution in [0.3, 0.4) is 0 Å². The molecule has 6 nitrogen and oxygen atoms in total. The van der Waals surface area contributed by atoms with Crippen molar-refractivity contribution >= 4 is 17.6 Å². The van der Waals surface area contributed by atoms with Crippen LogP contribution < -0.4 is 15.8 Å². The second kappa shape index (κ2) is 8.14. The van der Waals surface area contributed by atoms with Gasteiger partial charge in [-0.25, -0.2) is 4.79 Å². The fraction of sp³-hybridized carbons (Fsp3) is 0.467. The average Bonchev–Trinajstić information content (AvgIpc) is 2.50. The fourth-order valence-electron chi connectivity index (χ4n) is 1.89. The Balaban J connectivity index is 2.83. The molecule has 1 rings (SSSR count). The van der Waals surface area contributed by atoms with E-state index in [4.69, 9.17) is 15.2 Å². The van der Waals surface area contributed by atoms with Gasteiger partial charge < -0.3 is 20.5 Å². The molecule has 21 heavy (non-hydrogen) atoms. The number of carbonyl (C=O) groups is 2. The molecule has 1 amide bonds. The Labute approximate surface area is 124 Å². The lowest BCUT2D eigenvalue weighted by atomic mass is 10.1. The number of unbranched alkanes of at least 4 members (excludes halogenated alkanes) is 1. The molecule has 116 valence electrons. The lowest BCUT2D eigenvalue weighted by molar-refractivity contribution is -0.143. The maximum atomic E-state index is 12.2. The summed E-state index contributed by atoms with van der Waals surface area (Å²) in [5.41, 5.74) is 6.54. The van der Waals surface area contributed by atoms with Crippen LogP contribution in [-0.2, 0) is 9.53 Å². The van der Waals surface area contributed by atoms with Crippen LogP contribution in [0.2, 0.25) is 0 Å². The molecule has 0 aliphatic carbocycles. The zero-order valence-electron chi connectivity index (χ0n) is 12.6. The maximum absolute atomic E-state index is 12.2. The van der Waals surface area contributed by atoms with Crippen molar-refractivity contribution in [1.29, 1.82) is 0 Å². The number of nitrogens with two attached hydrogens (primary N) is 1. The van der Waals surface area contributed by atoms with Crippen molar-refractivity contribution in [3.05, 3.63) is 23.8 Å². The Kier molecular flexibility index (Phi) is 6.52. The predicted octanol–water partition coefficient (Wildman–Crippen LogP) is 1.74. The van der Waals surface area contributed by atoms with Crippen molar-refractivity contribution in [2.24, 2.45) is 0 Å². The molecule has 0 saturated heterocycles. The van der Waals surface area contributed by atoms with E-state index >= 15 is 0 Å². The number of nitrogen functional groups attached to an aromatic ring is 1. The Morgan fingerprint density at radius 3 is 2.62 bits per heavy atom. The highest BCUT2D eigenvalue weighted by Crippen LogP contribution is 2.22. The van der Waals surface area contributed by atoms with E-state index in [1.165, 1.54) is 14.2 Å². The van der Waals surface area contributed by atoms with Crippen molar-refractivity contribution in [2.45, 2.75) is 32.2 Å². The Morgan fingerprint density at radius 1 is 1.33 bits per heavy atom. The van der Waals surface area contributed by atoms with Gasteiger partial charge in [0.2, 0.25) is 0 Å². The number of benzene rings is 1. The summed E-state index contributed by atoms with van der Waals surface area (Å²) < 4.78 is 9.79. The summed E-state index contributed by atoms with van der Waals surface area (Å²) in [5, 5.41) is 2.68. The minimum atomic E-state index is -0.647. The van der Waals surface area contributed by atoms with Gasteiger partial charge >= 0.3 is 5.97 Å². The molecular weight excluding hydrogens is 272 g/mol. The van der Waals surface area contributed by atoms with Gasteiger partial charge in [-0.2, -0.15) is 0 Å². The zero-order chi connectivity index (χ0) is 15.8. The molecule has 1 aromatic rings. The summed E-state index contributed by atoms with van der Waals surface area (Å²) in [7, 11) is 2.78. The van der Waals surface area contributed by atoms with Crippen molar-refractivity contribution in [1.82, 2.24) is 5.32 Å². The third kappa shape index (κ3) is 4.66. The summed E-state index contributed by atoms with van der Waals surface area (Å²) >= 11 is 0. The molecule has 0 radical (unpaired) electrons. The van der Waals surface area contributed by atoms with E-state index in [9.17, 15) is 9.59 Å². The number of hydrogen-bond acceptors (Lipinski definition) is 5. The first-order chi connectivity index (χ1) is 10.0. The minimum absolute atomic E-state index is 0.361. The lowest BCUT2D eigenvalue weighted by Crippen LogP contribution is -2.41. The van der Waals surface area contributed by atoms with E-state index < -0.39 is 12.0 Å². The molecule has 6 heteroatoms. The summed E-state index contributed by atoms with van der Waals surface area (Å²) in [6.07, 6.45) is 2.30. The molecule has 0 aromatic heterocycles. The van der Waals surface area contributed by atoms with E-state index in [2.05, 4.69) is 5.32 Å². The molecule has 0 aliphatic rings. The van der Waals surface area contributed by atoms with E-state index in [1.807, 2.05) is 6.92 Å². The largest absolute Gasteiger partial charge is 0.495 e. The summed E-state index contributed by atoms with van der Waals surface area (Å²) in [6, 6.07) is 4.07. The number of rotatable bonds is 7. The molecular formula is C15H22N2O4. The van der Waals surface area contributed by atoms with E-state index in [-0.39, 0.29) is 5.91 Å². The van der Waals surface area contributed by atoms with Gasteiger partial charge in [0, 0.05) is 5.56 Å². The first kappa shape index (κ1) is 16.8. The molecule has 0 unspecified atom stereocenters. The number of amides is 1. The van der Waals surface area contributed by atoms with Crippen LogP contribution >= 0.6 is 0 Å². The maximum Gasteiger partial charge on any atom is 0.328 e. The van der Waals surface area contributed by atoms with E-state index in [0.717, 1.165) is 12.8 Å². The van der Waals surface area contributed by atoms with Crippen LogP contribution in [0, 0.1) is 0 Å². The predicted molar refractivity (Wildman–Crippen MR) is 80.2 cm³/mol. The summed E-state index contributed by atoms with van der Waals surface area (Å²) in [4.78, 5) is 23.9. The molecule has 0 aliphatic heterocycles. The molecule has 1 atom stereocenters. The smallest absolute Gasteiger partial charge is 0.328 e. The summed E-state index contributed by atoms with van der Waals surface area (Å²) in [6.45, 7) is 2.01. The number of ether oxygens (including phenoxy) is 2. The summed E-state index contributed by atoms with van der Waals surface area (Å²) in [5.74, 6) is -0.384. The molecule has 0 saturated carbocycles. The Bertz CT molecular complexity index is 502. The van der Waals surface area contributed by atoms with Crippen LogP contribution in [0.5, 0.6) is 5.75 Å². The normalized spacial score (nSPS) is 11.6. The van der Waals surface area contributed by atoms with Crippen LogP contribution in [0.4, 0.5) is 5.69 Å². The first-order valence-corrected chi connectivity index (χ1v) is 6.85. The second-order valence-electron chi connectivity index (χ2n) is 4.65. The van der Waals surface area contributed by atoms with Gasteiger partial charge in [-0.3, -0.25) is 4.79 Å². The van der Waals surface area contributed by atoms with Crippen LogP contribution in [0.25, 0.3) is 0 Å². The number of anilines is 1. The van der Waals surface area contributed by atoms with Gasteiger partial charge in [-0.15, -0.1) is 0 Å². The molecule has 0 spiro atoms. The van der Waals surface area contributed by atoms with Crippen molar-refractivity contribution < 1.29 is 19.1 Å². The van der Waals surface area contributed by atoms with Gasteiger partial charge in [-0.1, -0.05) is 19.8 Å². The Hall–Kier alpha value is -2.24. The SMILES string of the molecule is CCCC[C@H](NC(=O)c1ccc(N)c(OC)c1)C(=O)OC. The number of hydrogen-bond donors (Lipinski definition) is 2. The molecule has 0 fully saturated rings. The van der Waals surface area contributed by atoms with Crippen LogP contribution in [0.15, 0.2) is 18.2 Å². The number of esters is 1. The third-order valence-electron chi connectivity index (χ3n) is 3.13. The quantitative estimate of drug-likeness (QED) is 0.590.